The van der Waals surface area contributed by atoms with Crippen LogP contribution >= 0.6 is 0 Å². The second-order valence-electron chi connectivity index (χ2n) is 3.84. The molecule has 3 N–H and O–H groups in total. The van der Waals surface area contributed by atoms with Crippen molar-refractivity contribution in [2.24, 2.45) is 11.7 Å². The lowest BCUT2D eigenvalue weighted by molar-refractivity contribution is -0.123. The molecule has 2 unspecified atom stereocenters. The highest BCUT2D eigenvalue weighted by Crippen LogP contribution is 2.05. The van der Waals surface area contributed by atoms with E-state index in [1.165, 1.54) is 0 Å². The molecule has 0 aliphatic carbocycles. The molecule has 5 nitrogen and oxygen atoms in total. The first-order valence-corrected chi connectivity index (χ1v) is 5.45. The normalized spacial score (nSPS) is 14.2. The molecular formula is C11H18N4O. The van der Waals surface area contributed by atoms with Gasteiger partial charge in [0.25, 0.3) is 0 Å². The lowest BCUT2D eigenvalue weighted by Crippen LogP contribution is -2.44. The van der Waals surface area contributed by atoms with Gasteiger partial charge in [-0.25, -0.2) is 0 Å². The Hall–Kier alpha value is -1.49. The predicted octanol–water partition coefficient (Wildman–Crippen LogP) is 0.466. The van der Waals surface area contributed by atoms with Gasteiger partial charge in [-0.15, -0.1) is 0 Å². The predicted molar refractivity (Wildman–Crippen MR) is 61.3 cm³/mol. The number of nitrogens with one attached hydrogen (secondary N) is 1. The summed E-state index contributed by atoms with van der Waals surface area (Å²) in [6, 6.07) is 3.13. The molecule has 16 heavy (non-hydrogen) atoms. The number of hydrogen-bond donors (Lipinski definition) is 2. The first-order chi connectivity index (χ1) is 7.65. The summed E-state index contributed by atoms with van der Waals surface area (Å²) in [5, 5.41) is 10.3. The Morgan fingerprint density at radius 2 is 2.38 bits per heavy atom. The largest absolute Gasteiger partial charge is 0.349 e. The zero-order valence-electron chi connectivity index (χ0n) is 9.68. The summed E-state index contributed by atoms with van der Waals surface area (Å²) in [7, 11) is 0. The number of amides is 1. The summed E-state index contributed by atoms with van der Waals surface area (Å²) in [5.74, 6) is 0.0434. The third-order valence-electron chi connectivity index (χ3n) is 2.63. The topological polar surface area (TPSA) is 80.9 Å². The first kappa shape index (κ1) is 12.6. The Labute approximate surface area is 95.4 Å². The summed E-state index contributed by atoms with van der Waals surface area (Å²) in [6.07, 6.45) is 2.48. The third kappa shape index (κ3) is 3.58. The number of rotatable bonds is 5. The van der Waals surface area contributed by atoms with E-state index in [2.05, 4.69) is 15.5 Å². The molecule has 1 aromatic heterocycles. The van der Waals surface area contributed by atoms with Crippen molar-refractivity contribution in [3.05, 3.63) is 24.0 Å². The highest BCUT2D eigenvalue weighted by Gasteiger charge is 2.18. The maximum atomic E-state index is 11.6. The van der Waals surface area contributed by atoms with Crippen LogP contribution < -0.4 is 11.1 Å². The summed E-state index contributed by atoms with van der Waals surface area (Å²) in [5.41, 5.74) is 6.52. The zero-order valence-corrected chi connectivity index (χ0v) is 9.68. The van der Waals surface area contributed by atoms with Crippen LogP contribution in [0.2, 0.25) is 0 Å². The minimum Gasteiger partial charge on any atom is -0.349 e. The van der Waals surface area contributed by atoms with Crippen LogP contribution in [0, 0.1) is 5.92 Å². The van der Waals surface area contributed by atoms with Gasteiger partial charge in [0.1, 0.15) is 0 Å². The van der Waals surface area contributed by atoms with Gasteiger partial charge >= 0.3 is 0 Å². The van der Waals surface area contributed by atoms with Crippen molar-refractivity contribution in [2.45, 2.75) is 32.9 Å². The second kappa shape index (κ2) is 6.17. The molecule has 0 aliphatic heterocycles. The maximum absolute atomic E-state index is 11.6. The molecule has 88 valence electrons. The molecule has 0 spiro atoms. The summed E-state index contributed by atoms with van der Waals surface area (Å²) >= 11 is 0. The van der Waals surface area contributed by atoms with Crippen LogP contribution in [0.15, 0.2) is 18.3 Å². The number of nitrogens with two attached hydrogens (primary N) is 1. The van der Waals surface area contributed by atoms with E-state index in [-0.39, 0.29) is 11.8 Å². The van der Waals surface area contributed by atoms with Gasteiger partial charge in [0.15, 0.2) is 0 Å². The van der Waals surface area contributed by atoms with Gasteiger partial charge in [-0.3, -0.25) is 4.79 Å². The van der Waals surface area contributed by atoms with Gasteiger partial charge in [0.2, 0.25) is 5.91 Å². The Morgan fingerprint density at radius 1 is 1.62 bits per heavy atom. The van der Waals surface area contributed by atoms with Crippen LogP contribution in [0.3, 0.4) is 0 Å². The van der Waals surface area contributed by atoms with Crippen molar-refractivity contribution in [3.63, 3.8) is 0 Å². The Kier molecular flexibility index (Phi) is 4.85. The van der Waals surface area contributed by atoms with Crippen LogP contribution in [0.1, 0.15) is 26.0 Å². The summed E-state index contributed by atoms with van der Waals surface area (Å²) in [6.45, 7) is 4.35. The van der Waals surface area contributed by atoms with E-state index >= 15 is 0 Å². The molecular weight excluding hydrogens is 204 g/mol. The number of aromatic nitrogens is 2. The van der Waals surface area contributed by atoms with Gasteiger partial charge in [-0.1, -0.05) is 20.3 Å². The fraction of sp³-hybridized carbons (Fsp3) is 0.545. The van der Waals surface area contributed by atoms with Crippen LogP contribution in [0.4, 0.5) is 0 Å². The zero-order chi connectivity index (χ0) is 12.0. The molecule has 0 saturated carbocycles. The van der Waals surface area contributed by atoms with Gasteiger partial charge in [0, 0.05) is 6.20 Å². The van der Waals surface area contributed by atoms with Gasteiger partial charge in [-0.2, -0.15) is 10.2 Å². The van der Waals surface area contributed by atoms with Gasteiger partial charge < -0.3 is 11.1 Å². The van der Waals surface area contributed by atoms with E-state index in [0.717, 1.165) is 12.1 Å². The van der Waals surface area contributed by atoms with E-state index in [1.54, 1.807) is 12.3 Å². The molecule has 1 aromatic rings. The Balaban J connectivity index is 2.41. The molecule has 0 fully saturated rings. The molecule has 0 aromatic carbocycles. The fourth-order valence-electron chi connectivity index (χ4n) is 1.24. The van der Waals surface area contributed by atoms with Crippen molar-refractivity contribution in [2.75, 3.05) is 0 Å². The number of carbonyl (C=O) groups excluding carboxylic acids is 1. The standard InChI is InChI=1S/C11H18N4O/c1-3-8(2)10(12)11(16)13-7-9-5-4-6-14-15-9/h4-6,8,10H,3,7,12H2,1-2H3,(H,13,16). The number of nitrogens with zero attached hydrogens (tertiary/aromatic N) is 2. The molecule has 1 heterocycles. The van der Waals surface area contributed by atoms with Crippen molar-refractivity contribution < 1.29 is 4.79 Å². The Morgan fingerprint density at radius 3 is 2.94 bits per heavy atom. The number of carbonyl (C=O) groups is 1. The molecule has 1 amide bonds. The van der Waals surface area contributed by atoms with Crippen LogP contribution in [0.5, 0.6) is 0 Å². The maximum Gasteiger partial charge on any atom is 0.237 e. The van der Waals surface area contributed by atoms with E-state index in [9.17, 15) is 4.79 Å². The summed E-state index contributed by atoms with van der Waals surface area (Å²) < 4.78 is 0. The molecule has 0 bridgehead atoms. The molecule has 1 rings (SSSR count). The van der Waals surface area contributed by atoms with Gasteiger partial charge in [0.05, 0.1) is 18.3 Å². The van der Waals surface area contributed by atoms with Crippen molar-refractivity contribution >= 4 is 5.91 Å². The lowest BCUT2D eigenvalue weighted by Gasteiger charge is -2.17. The van der Waals surface area contributed by atoms with E-state index in [4.69, 9.17) is 5.73 Å². The average molecular weight is 222 g/mol. The number of hydrogen-bond acceptors (Lipinski definition) is 4. The minimum atomic E-state index is -0.457. The Bertz CT molecular complexity index is 328. The minimum absolute atomic E-state index is 0.139. The van der Waals surface area contributed by atoms with E-state index < -0.39 is 6.04 Å². The molecule has 0 radical (unpaired) electrons. The molecule has 5 heteroatoms. The monoisotopic (exact) mass is 222 g/mol. The summed E-state index contributed by atoms with van der Waals surface area (Å²) in [4.78, 5) is 11.6. The highest BCUT2D eigenvalue weighted by molar-refractivity contribution is 5.81. The quantitative estimate of drug-likeness (QED) is 0.758. The van der Waals surface area contributed by atoms with E-state index in [1.807, 2.05) is 19.9 Å². The van der Waals surface area contributed by atoms with Gasteiger partial charge in [-0.05, 0) is 18.1 Å². The van der Waals surface area contributed by atoms with Crippen LogP contribution in [-0.4, -0.2) is 22.1 Å². The van der Waals surface area contributed by atoms with Crippen LogP contribution in [-0.2, 0) is 11.3 Å². The smallest absolute Gasteiger partial charge is 0.237 e. The van der Waals surface area contributed by atoms with Crippen molar-refractivity contribution in [1.29, 1.82) is 0 Å². The van der Waals surface area contributed by atoms with Crippen molar-refractivity contribution in [3.8, 4) is 0 Å². The van der Waals surface area contributed by atoms with Crippen LogP contribution in [0.25, 0.3) is 0 Å². The molecule has 0 saturated heterocycles. The fourth-order valence-corrected chi connectivity index (χ4v) is 1.24. The second-order valence-corrected chi connectivity index (χ2v) is 3.84. The highest BCUT2D eigenvalue weighted by atomic mass is 16.2. The average Bonchev–Trinajstić information content (AvgIpc) is 2.35. The molecule has 2 atom stereocenters. The SMILES string of the molecule is CCC(C)C(N)C(=O)NCc1cccnn1. The third-order valence-corrected chi connectivity index (χ3v) is 2.63. The lowest BCUT2D eigenvalue weighted by atomic mass is 9.99. The first-order valence-electron chi connectivity index (χ1n) is 5.45. The van der Waals surface area contributed by atoms with E-state index in [0.29, 0.717) is 6.54 Å². The molecule has 0 aliphatic rings. The van der Waals surface area contributed by atoms with Crippen molar-refractivity contribution in [1.82, 2.24) is 15.5 Å².